The molecule has 0 aliphatic rings. The maximum atomic E-state index is 9.01. The van der Waals surface area contributed by atoms with E-state index in [4.69, 9.17) is 5.11 Å². The van der Waals surface area contributed by atoms with Crippen molar-refractivity contribution in [1.82, 2.24) is 9.97 Å². The largest absolute Gasteiger partial charge is 0.391 e. The van der Waals surface area contributed by atoms with Crippen LogP contribution in [0.4, 0.5) is 0 Å². The number of hydrogen-bond acceptors (Lipinski definition) is 5. The molecular weight excluding hydrogens is 252 g/mol. The predicted molar refractivity (Wildman–Crippen MR) is 70.6 cm³/mol. The topological polar surface area (TPSA) is 46.0 Å². The fourth-order valence-corrected chi connectivity index (χ4v) is 3.36. The SMILES string of the molecule is Cc1nc(Sc2ccc(CO)s2)nc(C)c1C. The fraction of sp³-hybridized carbons (Fsp3) is 0.333. The number of hydrogen-bond donors (Lipinski definition) is 1. The summed E-state index contributed by atoms with van der Waals surface area (Å²) >= 11 is 3.12. The van der Waals surface area contributed by atoms with E-state index in [9.17, 15) is 0 Å². The molecular formula is C12H14N2OS2. The molecule has 2 heterocycles. The van der Waals surface area contributed by atoms with Gasteiger partial charge >= 0.3 is 0 Å². The molecule has 0 saturated carbocycles. The minimum absolute atomic E-state index is 0.0953. The van der Waals surface area contributed by atoms with Gasteiger partial charge in [-0.3, -0.25) is 0 Å². The maximum absolute atomic E-state index is 9.01. The number of rotatable bonds is 3. The monoisotopic (exact) mass is 266 g/mol. The highest BCUT2D eigenvalue weighted by Gasteiger charge is 2.07. The molecule has 0 fully saturated rings. The van der Waals surface area contributed by atoms with E-state index in [1.165, 1.54) is 0 Å². The summed E-state index contributed by atoms with van der Waals surface area (Å²) < 4.78 is 1.11. The van der Waals surface area contributed by atoms with E-state index < -0.39 is 0 Å². The molecule has 0 bridgehead atoms. The van der Waals surface area contributed by atoms with E-state index in [0.29, 0.717) is 0 Å². The summed E-state index contributed by atoms with van der Waals surface area (Å²) in [6, 6.07) is 3.93. The van der Waals surface area contributed by atoms with Gasteiger partial charge in [-0.2, -0.15) is 0 Å². The number of aliphatic hydroxyl groups is 1. The summed E-state index contributed by atoms with van der Waals surface area (Å²) in [5.41, 5.74) is 3.20. The van der Waals surface area contributed by atoms with Crippen molar-refractivity contribution in [2.75, 3.05) is 0 Å². The molecule has 2 rings (SSSR count). The van der Waals surface area contributed by atoms with Crippen LogP contribution in [-0.4, -0.2) is 15.1 Å². The van der Waals surface area contributed by atoms with Crippen LogP contribution in [0.3, 0.4) is 0 Å². The summed E-state index contributed by atoms with van der Waals surface area (Å²) in [7, 11) is 0. The van der Waals surface area contributed by atoms with Gasteiger partial charge in [-0.25, -0.2) is 9.97 Å². The molecule has 17 heavy (non-hydrogen) atoms. The van der Waals surface area contributed by atoms with Gasteiger partial charge in [0.2, 0.25) is 0 Å². The highest BCUT2D eigenvalue weighted by atomic mass is 32.2. The first-order valence-corrected chi connectivity index (χ1v) is 6.92. The van der Waals surface area contributed by atoms with Gasteiger partial charge in [0.05, 0.1) is 10.8 Å². The Morgan fingerprint density at radius 3 is 2.35 bits per heavy atom. The minimum atomic E-state index is 0.0953. The van der Waals surface area contributed by atoms with Crippen LogP contribution >= 0.6 is 23.1 Å². The normalized spacial score (nSPS) is 10.8. The van der Waals surface area contributed by atoms with Crippen molar-refractivity contribution >= 4 is 23.1 Å². The number of aryl methyl sites for hydroxylation is 2. The molecule has 0 saturated heterocycles. The lowest BCUT2D eigenvalue weighted by Crippen LogP contribution is -1.97. The molecule has 2 aromatic rings. The summed E-state index contributed by atoms with van der Waals surface area (Å²) in [5.74, 6) is 0. The second kappa shape index (κ2) is 5.16. The Morgan fingerprint density at radius 1 is 1.18 bits per heavy atom. The lowest BCUT2D eigenvalue weighted by molar-refractivity contribution is 0.285. The van der Waals surface area contributed by atoms with Crippen LogP contribution in [-0.2, 0) is 6.61 Å². The third kappa shape index (κ3) is 2.86. The van der Waals surface area contributed by atoms with Gasteiger partial charge in [-0.1, -0.05) is 0 Å². The molecule has 0 radical (unpaired) electrons. The van der Waals surface area contributed by atoms with Crippen molar-refractivity contribution in [3.63, 3.8) is 0 Å². The highest BCUT2D eigenvalue weighted by Crippen LogP contribution is 2.32. The smallest absolute Gasteiger partial charge is 0.193 e. The minimum Gasteiger partial charge on any atom is -0.391 e. The molecule has 0 amide bonds. The Balaban J connectivity index is 2.24. The maximum Gasteiger partial charge on any atom is 0.193 e. The highest BCUT2D eigenvalue weighted by molar-refractivity contribution is 8.01. The van der Waals surface area contributed by atoms with Crippen LogP contribution in [0.25, 0.3) is 0 Å². The molecule has 0 atom stereocenters. The molecule has 2 aromatic heterocycles. The van der Waals surface area contributed by atoms with Crippen molar-refractivity contribution in [3.05, 3.63) is 34.0 Å². The Hall–Kier alpha value is -0.910. The average Bonchev–Trinajstić information content (AvgIpc) is 2.73. The second-order valence-electron chi connectivity index (χ2n) is 3.78. The molecule has 0 aromatic carbocycles. The standard InChI is InChI=1S/C12H14N2OS2/c1-7-8(2)13-12(14-9(7)3)17-11-5-4-10(6-15)16-11/h4-5,15H,6H2,1-3H3. The summed E-state index contributed by atoms with van der Waals surface area (Å²) in [6.45, 7) is 6.13. The second-order valence-corrected chi connectivity index (χ2v) is 6.22. The third-order valence-corrected chi connectivity index (χ3v) is 4.66. The summed E-state index contributed by atoms with van der Waals surface area (Å²) in [6.07, 6.45) is 0. The molecule has 3 nitrogen and oxygen atoms in total. The van der Waals surface area contributed by atoms with Crippen LogP contribution < -0.4 is 0 Å². The van der Waals surface area contributed by atoms with E-state index in [0.717, 1.165) is 31.2 Å². The third-order valence-electron chi connectivity index (χ3n) is 2.60. The zero-order valence-electron chi connectivity index (χ0n) is 10.0. The van der Waals surface area contributed by atoms with Crippen molar-refractivity contribution < 1.29 is 5.11 Å². The lowest BCUT2D eigenvalue weighted by atomic mass is 10.2. The van der Waals surface area contributed by atoms with Crippen molar-refractivity contribution in [2.24, 2.45) is 0 Å². The first kappa shape index (κ1) is 12.5. The molecule has 90 valence electrons. The van der Waals surface area contributed by atoms with E-state index in [1.54, 1.807) is 23.1 Å². The number of aliphatic hydroxyl groups excluding tert-OH is 1. The molecule has 1 N–H and O–H groups in total. The molecule has 0 aliphatic carbocycles. The first-order valence-electron chi connectivity index (χ1n) is 5.29. The van der Waals surface area contributed by atoms with E-state index in [2.05, 4.69) is 9.97 Å². The number of aromatic nitrogens is 2. The van der Waals surface area contributed by atoms with E-state index >= 15 is 0 Å². The van der Waals surface area contributed by atoms with E-state index in [-0.39, 0.29) is 6.61 Å². The van der Waals surface area contributed by atoms with Gasteiger partial charge in [0.1, 0.15) is 0 Å². The predicted octanol–water partition coefficient (Wildman–Crippen LogP) is 3.11. The zero-order valence-corrected chi connectivity index (χ0v) is 11.7. The van der Waals surface area contributed by atoms with Crippen LogP contribution in [0.15, 0.2) is 21.5 Å². The van der Waals surface area contributed by atoms with Gasteiger partial charge in [0.15, 0.2) is 5.16 Å². The quantitative estimate of drug-likeness (QED) is 0.867. The van der Waals surface area contributed by atoms with Crippen molar-refractivity contribution in [2.45, 2.75) is 36.7 Å². The Labute approximate surface area is 109 Å². The molecule has 0 unspecified atom stereocenters. The van der Waals surface area contributed by atoms with Gasteiger partial charge in [-0.05, 0) is 50.2 Å². The van der Waals surface area contributed by atoms with Crippen LogP contribution in [0.5, 0.6) is 0 Å². The van der Waals surface area contributed by atoms with Crippen LogP contribution in [0, 0.1) is 20.8 Å². The Kier molecular flexibility index (Phi) is 3.81. The van der Waals surface area contributed by atoms with Gasteiger partial charge in [0.25, 0.3) is 0 Å². The molecule has 0 aliphatic heterocycles. The van der Waals surface area contributed by atoms with Crippen molar-refractivity contribution in [1.29, 1.82) is 0 Å². The Morgan fingerprint density at radius 2 is 1.82 bits per heavy atom. The van der Waals surface area contributed by atoms with Crippen LogP contribution in [0.1, 0.15) is 21.8 Å². The lowest BCUT2D eigenvalue weighted by Gasteiger charge is -2.05. The van der Waals surface area contributed by atoms with Crippen molar-refractivity contribution in [3.8, 4) is 0 Å². The van der Waals surface area contributed by atoms with Gasteiger partial charge in [0, 0.05) is 16.3 Å². The zero-order chi connectivity index (χ0) is 12.4. The van der Waals surface area contributed by atoms with E-state index in [1.807, 2.05) is 32.9 Å². The fourth-order valence-electron chi connectivity index (χ4n) is 1.38. The summed E-state index contributed by atoms with van der Waals surface area (Å²) in [5, 5.41) is 9.79. The Bertz CT molecular complexity index is 514. The number of thiophene rings is 1. The molecule has 0 spiro atoms. The molecule has 5 heteroatoms. The number of nitrogens with zero attached hydrogens (tertiary/aromatic N) is 2. The van der Waals surface area contributed by atoms with Gasteiger partial charge < -0.3 is 5.11 Å². The first-order chi connectivity index (χ1) is 8.10. The van der Waals surface area contributed by atoms with Gasteiger partial charge in [-0.15, -0.1) is 11.3 Å². The van der Waals surface area contributed by atoms with Crippen LogP contribution in [0.2, 0.25) is 0 Å². The summed E-state index contributed by atoms with van der Waals surface area (Å²) in [4.78, 5) is 9.89. The average molecular weight is 266 g/mol.